The van der Waals surface area contributed by atoms with E-state index >= 15 is 0 Å². The largest absolute Gasteiger partial charge is 0.421 e. The van der Waals surface area contributed by atoms with Crippen LogP contribution in [0.15, 0.2) is 58.3 Å². The number of nitrogens with zero attached hydrogens (tertiary/aromatic N) is 3. The Morgan fingerprint density at radius 1 is 1.00 bits per heavy atom. The minimum atomic E-state index is -4.86. The van der Waals surface area contributed by atoms with Gasteiger partial charge in [-0.15, -0.1) is 12.6 Å². The molecule has 2 atom stereocenters. The van der Waals surface area contributed by atoms with Crippen molar-refractivity contribution in [2.24, 2.45) is 0 Å². The van der Waals surface area contributed by atoms with E-state index in [1.165, 1.54) is 34.6 Å². The van der Waals surface area contributed by atoms with E-state index in [0.29, 0.717) is 24.1 Å². The summed E-state index contributed by atoms with van der Waals surface area (Å²) in [7, 11) is -3.90. The molecule has 0 aromatic heterocycles. The first-order chi connectivity index (χ1) is 17.6. The Morgan fingerprint density at radius 3 is 2.18 bits per heavy atom. The minimum absolute atomic E-state index is 0.0549. The van der Waals surface area contributed by atoms with Crippen LogP contribution in [0.3, 0.4) is 0 Å². The van der Waals surface area contributed by atoms with Crippen LogP contribution in [-0.4, -0.2) is 80.1 Å². The van der Waals surface area contributed by atoms with Crippen molar-refractivity contribution in [1.82, 2.24) is 9.21 Å². The Balaban J connectivity index is 1.60. The topological polar surface area (TPSA) is 64.1 Å². The summed E-state index contributed by atoms with van der Waals surface area (Å²) in [5.41, 5.74) is -2.81. The predicted molar refractivity (Wildman–Crippen MR) is 136 cm³/mol. The highest BCUT2D eigenvalue weighted by Gasteiger charge is 2.51. The van der Waals surface area contributed by atoms with Crippen molar-refractivity contribution in [3.8, 4) is 0 Å². The SMILES string of the molecule is C[C@](O)(c1ccc(N2CCN(S(=O)(=O)c3ccccc3S)C[C@H]2CN2CCC(F)(F)CC2)cc1)C(F)(F)F. The molecule has 0 radical (unpaired) electrons. The molecule has 38 heavy (non-hydrogen) atoms. The van der Waals surface area contributed by atoms with Gasteiger partial charge in [0.1, 0.15) is 0 Å². The van der Waals surface area contributed by atoms with E-state index in [-0.39, 0.29) is 56.0 Å². The summed E-state index contributed by atoms with van der Waals surface area (Å²) in [6.45, 7) is 1.68. The van der Waals surface area contributed by atoms with Gasteiger partial charge in [-0.25, -0.2) is 17.2 Å². The first-order valence-electron chi connectivity index (χ1n) is 12.2. The van der Waals surface area contributed by atoms with Gasteiger partial charge in [-0.05, 0) is 36.8 Å². The number of halogens is 5. The fraction of sp³-hybridized carbons (Fsp3) is 0.520. The third-order valence-electron chi connectivity index (χ3n) is 7.30. The van der Waals surface area contributed by atoms with E-state index in [1.54, 1.807) is 18.2 Å². The first kappa shape index (κ1) is 29.1. The first-order valence-corrected chi connectivity index (χ1v) is 14.1. The van der Waals surface area contributed by atoms with Gasteiger partial charge in [0.15, 0.2) is 5.60 Å². The van der Waals surface area contributed by atoms with Gasteiger partial charge in [0.05, 0.1) is 10.9 Å². The lowest BCUT2D eigenvalue weighted by Crippen LogP contribution is -2.59. The third kappa shape index (κ3) is 5.96. The molecule has 0 amide bonds. The maximum absolute atomic E-state index is 13.7. The van der Waals surface area contributed by atoms with E-state index in [0.717, 1.165) is 0 Å². The number of hydrogen-bond acceptors (Lipinski definition) is 6. The summed E-state index contributed by atoms with van der Waals surface area (Å²) in [5, 5.41) is 10.0. The molecule has 2 aromatic carbocycles. The highest BCUT2D eigenvalue weighted by Crippen LogP contribution is 2.39. The lowest BCUT2D eigenvalue weighted by molar-refractivity contribution is -0.258. The second-order valence-electron chi connectivity index (χ2n) is 9.95. The third-order valence-corrected chi connectivity index (χ3v) is 9.76. The number of sulfonamides is 1. The second-order valence-corrected chi connectivity index (χ2v) is 12.3. The number of piperazine rings is 1. The summed E-state index contributed by atoms with van der Waals surface area (Å²) in [4.78, 5) is 4.11. The van der Waals surface area contributed by atoms with Gasteiger partial charge in [-0.3, -0.25) is 0 Å². The number of likely N-dealkylation sites (tertiary alicyclic amines) is 1. The molecule has 4 rings (SSSR count). The summed E-state index contributed by atoms with van der Waals surface area (Å²) >= 11 is 4.29. The molecule has 210 valence electrons. The van der Waals surface area contributed by atoms with Crippen LogP contribution in [0.5, 0.6) is 0 Å². The smallest absolute Gasteiger partial charge is 0.376 e. The number of piperidine rings is 1. The molecule has 13 heteroatoms. The Morgan fingerprint density at radius 2 is 1.61 bits per heavy atom. The number of anilines is 1. The molecule has 2 aliphatic rings. The predicted octanol–water partition coefficient (Wildman–Crippen LogP) is 4.36. The molecule has 0 bridgehead atoms. The molecule has 2 saturated heterocycles. The number of hydrogen-bond donors (Lipinski definition) is 2. The number of alkyl halides is 5. The molecule has 2 fully saturated rings. The average Bonchev–Trinajstić information content (AvgIpc) is 2.85. The Kier molecular flexibility index (Phi) is 8.08. The van der Waals surface area contributed by atoms with Gasteiger partial charge in [-0.2, -0.15) is 17.5 Å². The van der Waals surface area contributed by atoms with Crippen LogP contribution in [0, 0.1) is 0 Å². The van der Waals surface area contributed by atoms with Gasteiger partial charge >= 0.3 is 6.18 Å². The molecule has 1 N–H and O–H groups in total. The number of aliphatic hydroxyl groups is 1. The zero-order valence-electron chi connectivity index (χ0n) is 20.7. The molecule has 2 aliphatic heterocycles. The molecular weight excluding hydrogens is 549 g/mol. The van der Waals surface area contributed by atoms with E-state index in [9.17, 15) is 35.5 Å². The van der Waals surface area contributed by atoms with Crippen LogP contribution in [0.4, 0.5) is 27.6 Å². The summed E-state index contributed by atoms with van der Waals surface area (Å²) < 4.78 is 95.5. The van der Waals surface area contributed by atoms with Gasteiger partial charge < -0.3 is 14.9 Å². The van der Waals surface area contributed by atoms with Gasteiger partial charge in [0.25, 0.3) is 5.92 Å². The van der Waals surface area contributed by atoms with Crippen molar-refractivity contribution in [3.05, 3.63) is 54.1 Å². The molecule has 2 heterocycles. The van der Waals surface area contributed by atoms with Gasteiger partial charge in [-0.1, -0.05) is 24.3 Å². The zero-order chi connectivity index (χ0) is 27.9. The molecule has 0 saturated carbocycles. The Hall–Kier alpha value is -1.93. The number of rotatable bonds is 6. The molecule has 2 aromatic rings. The standard InChI is InChI=1S/C25H30F5N3O3S2/c1-23(34,25(28,29)30)18-6-8-19(9-7-18)33-15-14-32(38(35,36)22-5-3-2-4-21(22)37)17-20(33)16-31-12-10-24(26,27)11-13-31/h2-9,20,34,37H,10-17H2,1H3/t20-,23+/m1/s1. The van der Waals surface area contributed by atoms with E-state index < -0.39 is 33.8 Å². The van der Waals surface area contributed by atoms with Crippen molar-refractivity contribution in [3.63, 3.8) is 0 Å². The minimum Gasteiger partial charge on any atom is -0.376 e. The van der Waals surface area contributed by atoms with Crippen LogP contribution in [0.1, 0.15) is 25.3 Å². The van der Waals surface area contributed by atoms with Crippen molar-refractivity contribution in [2.45, 2.75) is 53.3 Å². The van der Waals surface area contributed by atoms with E-state index in [2.05, 4.69) is 12.6 Å². The highest BCUT2D eigenvalue weighted by molar-refractivity contribution is 7.90. The van der Waals surface area contributed by atoms with Crippen LogP contribution in [-0.2, 0) is 15.6 Å². The average molecular weight is 580 g/mol. The van der Waals surface area contributed by atoms with Crippen molar-refractivity contribution < 1.29 is 35.5 Å². The normalized spacial score (nSPS) is 23.3. The quantitative estimate of drug-likeness (QED) is 0.394. The highest BCUT2D eigenvalue weighted by atomic mass is 32.2. The molecule has 0 unspecified atom stereocenters. The Labute approximate surface area is 224 Å². The van der Waals surface area contributed by atoms with E-state index in [1.807, 2.05) is 9.80 Å². The van der Waals surface area contributed by atoms with Crippen molar-refractivity contribution >= 4 is 28.3 Å². The monoisotopic (exact) mass is 579 g/mol. The fourth-order valence-electron chi connectivity index (χ4n) is 4.86. The summed E-state index contributed by atoms with van der Waals surface area (Å²) in [6, 6.07) is 11.2. The summed E-state index contributed by atoms with van der Waals surface area (Å²) in [5.74, 6) is -2.74. The lowest BCUT2D eigenvalue weighted by Gasteiger charge is -2.45. The van der Waals surface area contributed by atoms with Crippen LogP contribution in [0.2, 0.25) is 0 Å². The molecule has 0 spiro atoms. The van der Waals surface area contributed by atoms with Gasteiger partial charge in [0.2, 0.25) is 10.0 Å². The lowest BCUT2D eigenvalue weighted by atomic mass is 9.95. The maximum atomic E-state index is 13.7. The maximum Gasteiger partial charge on any atom is 0.421 e. The zero-order valence-corrected chi connectivity index (χ0v) is 22.4. The second kappa shape index (κ2) is 10.6. The van der Waals surface area contributed by atoms with E-state index in [4.69, 9.17) is 0 Å². The summed E-state index contributed by atoms with van der Waals surface area (Å²) in [6.07, 6.45) is -5.46. The number of benzene rings is 2. The molecule has 0 aliphatic carbocycles. The van der Waals surface area contributed by atoms with Crippen molar-refractivity contribution in [1.29, 1.82) is 0 Å². The van der Waals surface area contributed by atoms with Gasteiger partial charge in [0, 0.05) is 62.7 Å². The number of thiol groups is 1. The fourth-order valence-corrected chi connectivity index (χ4v) is 6.92. The molecular formula is C25H30F5N3O3S2. The van der Waals surface area contributed by atoms with Crippen LogP contribution in [0.25, 0.3) is 0 Å². The van der Waals surface area contributed by atoms with Crippen molar-refractivity contribution in [2.75, 3.05) is 44.2 Å². The molecule has 6 nitrogen and oxygen atoms in total. The Bertz CT molecular complexity index is 1230. The van der Waals surface area contributed by atoms with Crippen LogP contribution >= 0.6 is 12.6 Å². The van der Waals surface area contributed by atoms with Crippen LogP contribution < -0.4 is 4.90 Å².